The van der Waals surface area contributed by atoms with E-state index in [-0.39, 0.29) is 30.2 Å². The van der Waals surface area contributed by atoms with Gasteiger partial charge in [-0.15, -0.1) is 0 Å². The van der Waals surface area contributed by atoms with Gasteiger partial charge in [-0.1, -0.05) is 29.3 Å². The lowest BCUT2D eigenvalue weighted by Gasteiger charge is -2.37. The second-order valence-electron chi connectivity index (χ2n) is 10.4. The summed E-state index contributed by atoms with van der Waals surface area (Å²) in [6, 6.07) is 12.6. The molecule has 0 unspecified atom stereocenters. The molecule has 0 bridgehead atoms. The fourth-order valence-electron chi connectivity index (χ4n) is 4.49. The molecule has 0 radical (unpaired) electrons. The molecule has 2 aromatic carbocycles. The summed E-state index contributed by atoms with van der Waals surface area (Å²) in [5.74, 6) is -0.0778. The number of amides is 2. The largest absolute Gasteiger partial charge is 0.455 e. The topological polar surface area (TPSA) is 124 Å². The normalized spacial score (nSPS) is 15.1. The molecule has 1 N–H and O–H groups in total. The van der Waals surface area contributed by atoms with Crippen molar-refractivity contribution in [1.82, 2.24) is 14.9 Å². The number of ether oxygens (including phenoxy) is 2. The number of anilines is 4. The summed E-state index contributed by atoms with van der Waals surface area (Å²) in [6.45, 7) is 7.49. The molecule has 5 rings (SSSR count). The number of fused-ring (bicyclic) bond motifs is 1. The highest BCUT2D eigenvalue weighted by Gasteiger charge is 2.31. The van der Waals surface area contributed by atoms with Gasteiger partial charge in [0.25, 0.3) is 5.91 Å². The number of carbonyl (C=O) groups excluding carboxylic acids is 2. The summed E-state index contributed by atoms with van der Waals surface area (Å²) < 4.78 is 11.2. The van der Waals surface area contributed by atoms with E-state index in [4.69, 9.17) is 32.7 Å². The van der Waals surface area contributed by atoms with E-state index < -0.39 is 11.5 Å². The number of halogens is 2. The number of piperazine rings is 1. The van der Waals surface area contributed by atoms with E-state index in [1.165, 1.54) is 11.1 Å². The number of nitriles is 1. The molecule has 0 spiro atoms. The van der Waals surface area contributed by atoms with Crippen LogP contribution in [0.4, 0.5) is 27.8 Å². The molecule has 2 aliphatic heterocycles. The number of nitrogens with zero attached hydrogens (tertiary/aromatic N) is 6. The molecule has 0 saturated carbocycles. The standard InChI is InChI=1S/C28H27Cl2N7O4/c1-28(2,3)41-27(39)36-11-9-35(10-12-36)22-8-7-18(13-17(22)14-31)33-26-32-15-19-24(34-26)40-16-37(25(19)38)23-20(29)5-4-6-21(23)30/h4-8,13,15H,9-12,16H2,1-3H3,(H,32,33,34). The number of hydrogen-bond acceptors (Lipinski definition) is 9. The van der Waals surface area contributed by atoms with Crippen LogP contribution in [0.1, 0.15) is 36.7 Å². The lowest BCUT2D eigenvalue weighted by atomic mass is 10.1. The highest BCUT2D eigenvalue weighted by Crippen LogP contribution is 2.37. The first-order chi connectivity index (χ1) is 19.5. The van der Waals surface area contributed by atoms with Gasteiger partial charge in [0.15, 0.2) is 6.73 Å². The van der Waals surface area contributed by atoms with Crippen molar-refractivity contribution in [2.24, 2.45) is 0 Å². The molecule has 1 aromatic heterocycles. The van der Waals surface area contributed by atoms with Crippen LogP contribution in [0.5, 0.6) is 5.88 Å². The average molecular weight is 596 g/mol. The Balaban J connectivity index is 1.27. The Hall–Kier alpha value is -4.27. The van der Waals surface area contributed by atoms with Gasteiger partial charge >= 0.3 is 6.09 Å². The zero-order valence-corrected chi connectivity index (χ0v) is 24.2. The Labute approximate surface area is 247 Å². The van der Waals surface area contributed by atoms with Gasteiger partial charge in [-0.25, -0.2) is 9.78 Å². The Morgan fingerprint density at radius 1 is 1.12 bits per heavy atom. The smallest absolute Gasteiger partial charge is 0.410 e. The van der Waals surface area contributed by atoms with Crippen molar-refractivity contribution in [3.05, 3.63) is 63.8 Å². The fourth-order valence-corrected chi connectivity index (χ4v) is 5.09. The van der Waals surface area contributed by atoms with Crippen LogP contribution in [-0.4, -0.2) is 65.4 Å². The molecule has 1 fully saturated rings. The molecule has 2 amide bonds. The van der Waals surface area contributed by atoms with Crippen molar-refractivity contribution >= 4 is 58.2 Å². The molecule has 3 heterocycles. The van der Waals surface area contributed by atoms with Gasteiger partial charge in [-0.3, -0.25) is 9.69 Å². The van der Waals surface area contributed by atoms with E-state index in [0.29, 0.717) is 53.2 Å². The van der Waals surface area contributed by atoms with Crippen LogP contribution in [0.15, 0.2) is 42.6 Å². The monoisotopic (exact) mass is 595 g/mol. The number of nitrogens with one attached hydrogen (secondary N) is 1. The highest BCUT2D eigenvalue weighted by molar-refractivity contribution is 6.40. The zero-order valence-electron chi connectivity index (χ0n) is 22.6. The van der Waals surface area contributed by atoms with Gasteiger partial charge in [0.1, 0.15) is 17.2 Å². The van der Waals surface area contributed by atoms with Crippen LogP contribution >= 0.6 is 23.2 Å². The predicted molar refractivity (Wildman–Crippen MR) is 155 cm³/mol. The summed E-state index contributed by atoms with van der Waals surface area (Å²) in [4.78, 5) is 39.2. The predicted octanol–water partition coefficient (Wildman–Crippen LogP) is 5.45. The maximum atomic E-state index is 13.1. The highest BCUT2D eigenvalue weighted by atomic mass is 35.5. The lowest BCUT2D eigenvalue weighted by molar-refractivity contribution is 0.0240. The summed E-state index contributed by atoms with van der Waals surface area (Å²) in [5, 5.41) is 13.6. The molecule has 3 aromatic rings. The molecule has 0 atom stereocenters. The molecule has 1 saturated heterocycles. The quantitative estimate of drug-likeness (QED) is 0.419. The van der Waals surface area contributed by atoms with Gasteiger partial charge in [0, 0.05) is 38.1 Å². The van der Waals surface area contributed by atoms with Gasteiger partial charge in [-0.2, -0.15) is 10.2 Å². The average Bonchev–Trinajstić information content (AvgIpc) is 2.93. The third-order valence-corrected chi connectivity index (χ3v) is 7.02. The number of aromatic nitrogens is 2. The summed E-state index contributed by atoms with van der Waals surface area (Å²) >= 11 is 12.5. The molecule has 212 valence electrons. The number of carbonyl (C=O) groups is 2. The lowest BCUT2D eigenvalue weighted by Crippen LogP contribution is -2.50. The zero-order chi connectivity index (χ0) is 29.3. The number of rotatable bonds is 4. The van der Waals surface area contributed by atoms with E-state index in [1.807, 2.05) is 32.9 Å². The van der Waals surface area contributed by atoms with Crippen molar-refractivity contribution in [2.75, 3.05) is 48.0 Å². The van der Waals surface area contributed by atoms with Crippen molar-refractivity contribution in [3.8, 4) is 11.9 Å². The minimum absolute atomic E-state index is 0.118. The molecular weight excluding hydrogens is 569 g/mol. The molecular formula is C28H27Cl2N7O4. The van der Waals surface area contributed by atoms with Crippen LogP contribution in [0.3, 0.4) is 0 Å². The van der Waals surface area contributed by atoms with Crippen LogP contribution < -0.4 is 19.9 Å². The Morgan fingerprint density at radius 3 is 2.49 bits per heavy atom. The Kier molecular flexibility index (Phi) is 7.80. The number of hydrogen-bond donors (Lipinski definition) is 1. The van der Waals surface area contributed by atoms with Crippen molar-refractivity contribution < 1.29 is 19.1 Å². The fraction of sp³-hybridized carbons (Fsp3) is 0.321. The van der Waals surface area contributed by atoms with Gasteiger partial charge in [0.2, 0.25) is 11.8 Å². The first-order valence-corrected chi connectivity index (χ1v) is 13.6. The van der Waals surface area contributed by atoms with E-state index in [2.05, 4.69) is 26.3 Å². The summed E-state index contributed by atoms with van der Waals surface area (Å²) in [5.41, 5.74) is 1.77. The molecule has 11 nitrogen and oxygen atoms in total. The van der Waals surface area contributed by atoms with E-state index in [9.17, 15) is 14.9 Å². The summed E-state index contributed by atoms with van der Waals surface area (Å²) in [7, 11) is 0. The maximum Gasteiger partial charge on any atom is 0.410 e. The Bertz CT molecular complexity index is 1530. The molecule has 41 heavy (non-hydrogen) atoms. The third-order valence-electron chi connectivity index (χ3n) is 6.41. The van der Waals surface area contributed by atoms with Gasteiger partial charge in [-0.05, 0) is 51.1 Å². The molecule has 13 heteroatoms. The van der Waals surface area contributed by atoms with Gasteiger partial charge < -0.3 is 24.6 Å². The molecule has 2 aliphatic rings. The minimum atomic E-state index is -0.556. The first kappa shape index (κ1) is 28.3. The van der Waals surface area contributed by atoms with E-state index in [0.717, 1.165) is 5.69 Å². The van der Waals surface area contributed by atoms with Crippen LogP contribution in [0, 0.1) is 11.3 Å². The minimum Gasteiger partial charge on any atom is -0.455 e. The second-order valence-corrected chi connectivity index (χ2v) is 11.2. The van der Waals surface area contributed by atoms with Crippen molar-refractivity contribution in [3.63, 3.8) is 0 Å². The van der Waals surface area contributed by atoms with E-state index in [1.54, 1.807) is 29.2 Å². The SMILES string of the molecule is CC(C)(C)OC(=O)N1CCN(c2ccc(Nc3ncc4c(n3)OCN(c3c(Cl)cccc3Cl)C4=O)cc2C#N)CC1. The molecule has 0 aliphatic carbocycles. The van der Waals surface area contributed by atoms with Crippen LogP contribution in [-0.2, 0) is 4.74 Å². The van der Waals surface area contributed by atoms with Crippen molar-refractivity contribution in [1.29, 1.82) is 5.26 Å². The number of benzene rings is 2. The van der Waals surface area contributed by atoms with Crippen LogP contribution in [0.2, 0.25) is 10.0 Å². The first-order valence-electron chi connectivity index (χ1n) is 12.8. The summed E-state index contributed by atoms with van der Waals surface area (Å²) in [6.07, 6.45) is 1.03. The van der Waals surface area contributed by atoms with Crippen molar-refractivity contribution in [2.45, 2.75) is 26.4 Å². The second kappa shape index (κ2) is 11.3. The van der Waals surface area contributed by atoms with Gasteiger partial charge in [0.05, 0.1) is 27.0 Å². The van der Waals surface area contributed by atoms with Crippen LogP contribution in [0.25, 0.3) is 0 Å². The Morgan fingerprint density at radius 2 is 1.83 bits per heavy atom. The van der Waals surface area contributed by atoms with E-state index >= 15 is 0 Å². The third kappa shape index (κ3) is 6.09. The number of para-hydroxylation sites is 1. The maximum absolute atomic E-state index is 13.1.